The largest absolute Gasteiger partial charge is 0.494 e. The van der Waals surface area contributed by atoms with E-state index in [9.17, 15) is 9.59 Å². The second-order valence-corrected chi connectivity index (χ2v) is 5.75. The fraction of sp³-hybridized carbons (Fsp3) is 0.263. The summed E-state index contributed by atoms with van der Waals surface area (Å²) in [6, 6.07) is 12.6. The molecule has 2 aromatic rings. The van der Waals surface area contributed by atoms with Crippen LogP contribution in [-0.2, 0) is 0 Å². The molecular weight excluding hydrogens is 308 g/mol. The summed E-state index contributed by atoms with van der Waals surface area (Å²) in [5.74, 6) is -0.497. The number of aromatic carboxylic acids is 1. The second kappa shape index (κ2) is 8.15. The van der Waals surface area contributed by atoms with E-state index in [2.05, 4.69) is 13.8 Å². The van der Waals surface area contributed by atoms with Crippen LogP contribution in [0.4, 0.5) is 0 Å². The number of hydrogen-bond donors (Lipinski definition) is 1. The third-order valence-corrected chi connectivity index (χ3v) is 3.37. The molecule has 126 valence electrons. The third-order valence-electron chi connectivity index (χ3n) is 3.37. The average Bonchev–Trinajstić information content (AvgIpc) is 2.55. The Kier molecular flexibility index (Phi) is 5.95. The molecule has 24 heavy (non-hydrogen) atoms. The molecule has 2 rings (SSSR count). The van der Waals surface area contributed by atoms with Crippen LogP contribution in [0.3, 0.4) is 0 Å². The van der Waals surface area contributed by atoms with E-state index < -0.39 is 11.9 Å². The summed E-state index contributed by atoms with van der Waals surface area (Å²) in [5.41, 5.74) is 0.269. The quantitative estimate of drug-likeness (QED) is 0.613. The van der Waals surface area contributed by atoms with Gasteiger partial charge in [0.05, 0.1) is 12.2 Å². The van der Waals surface area contributed by atoms with Crippen molar-refractivity contribution in [3.05, 3.63) is 59.7 Å². The molecule has 0 aliphatic heterocycles. The Morgan fingerprint density at radius 3 is 2.33 bits per heavy atom. The van der Waals surface area contributed by atoms with Gasteiger partial charge in [-0.1, -0.05) is 26.0 Å². The lowest BCUT2D eigenvalue weighted by atomic mass is 10.1. The van der Waals surface area contributed by atoms with Crippen molar-refractivity contribution < 1.29 is 24.2 Å². The molecule has 0 unspecified atom stereocenters. The van der Waals surface area contributed by atoms with E-state index in [1.165, 1.54) is 12.1 Å². The number of hydrogen-bond acceptors (Lipinski definition) is 4. The number of rotatable bonds is 7. The summed E-state index contributed by atoms with van der Waals surface area (Å²) in [5, 5.41) is 9.10. The number of carboxylic acids is 1. The highest BCUT2D eigenvalue weighted by molar-refractivity contribution is 5.95. The van der Waals surface area contributed by atoms with Gasteiger partial charge in [-0.3, -0.25) is 0 Å². The fourth-order valence-corrected chi connectivity index (χ4v) is 1.99. The van der Waals surface area contributed by atoms with Gasteiger partial charge in [0.15, 0.2) is 0 Å². The molecule has 0 aromatic heterocycles. The minimum absolute atomic E-state index is 0.0206. The summed E-state index contributed by atoms with van der Waals surface area (Å²) in [7, 11) is 0. The zero-order valence-corrected chi connectivity index (χ0v) is 13.7. The molecule has 0 bridgehead atoms. The van der Waals surface area contributed by atoms with Crippen molar-refractivity contribution in [3.8, 4) is 11.5 Å². The number of esters is 1. The number of carbonyl (C=O) groups excluding carboxylic acids is 1. The van der Waals surface area contributed by atoms with Crippen molar-refractivity contribution in [1.82, 2.24) is 0 Å². The maximum absolute atomic E-state index is 12.1. The van der Waals surface area contributed by atoms with E-state index >= 15 is 0 Å². The van der Waals surface area contributed by atoms with Crippen LogP contribution >= 0.6 is 0 Å². The number of benzene rings is 2. The normalized spacial score (nSPS) is 10.5. The van der Waals surface area contributed by atoms with Crippen LogP contribution in [0.5, 0.6) is 11.5 Å². The molecule has 0 amide bonds. The highest BCUT2D eigenvalue weighted by Crippen LogP contribution is 2.20. The van der Waals surface area contributed by atoms with Gasteiger partial charge in [0.1, 0.15) is 17.1 Å². The van der Waals surface area contributed by atoms with Crippen LogP contribution in [0.2, 0.25) is 0 Å². The van der Waals surface area contributed by atoms with E-state index in [0.717, 1.165) is 6.42 Å². The van der Waals surface area contributed by atoms with Crippen molar-refractivity contribution in [2.24, 2.45) is 5.92 Å². The lowest BCUT2D eigenvalue weighted by Gasteiger charge is -2.09. The monoisotopic (exact) mass is 328 g/mol. The summed E-state index contributed by atoms with van der Waals surface area (Å²) in [4.78, 5) is 23.3. The van der Waals surface area contributed by atoms with Gasteiger partial charge in [-0.25, -0.2) is 9.59 Å². The molecule has 2 aromatic carbocycles. The van der Waals surface area contributed by atoms with Gasteiger partial charge in [0, 0.05) is 0 Å². The molecule has 0 aliphatic rings. The van der Waals surface area contributed by atoms with Gasteiger partial charge < -0.3 is 14.6 Å². The molecule has 0 radical (unpaired) electrons. The van der Waals surface area contributed by atoms with Gasteiger partial charge in [0.2, 0.25) is 0 Å². The molecule has 0 aliphatic carbocycles. The Morgan fingerprint density at radius 2 is 1.71 bits per heavy atom. The predicted molar refractivity (Wildman–Crippen MR) is 89.8 cm³/mol. The lowest BCUT2D eigenvalue weighted by molar-refractivity contribution is 0.0681. The molecule has 5 nitrogen and oxygen atoms in total. The first-order valence-electron chi connectivity index (χ1n) is 7.74. The zero-order chi connectivity index (χ0) is 17.5. The highest BCUT2D eigenvalue weighted by atomic mass is 16.5. The second-order valence-electron chi connectivity index (χ2n) is 5.75. The van der Waals surface area contributed by atoms with Gasteiger partial charge >= 0.3 is 11.9 Å². The number of ether oxygens (including phenoxy) is 2. The number of para-hydroxylation sites is 1. The van der Waals surface area contributed by atoms with Crippen LogP contribution in [-0.4, -0.2) is 23.7 Å². The molecular formula is C19H20O5. The smallest absolute Gasteiger partial charge is 0.343 e. The lowest BCUT2D eigenvalue weighted by Crippen LogP contribution is -2.11. The SMILES string of the molecule is CC(C)CCOc1ccc(C(=O)Oc2ccccc2C(=O)O)cc1. The summed E-state index contributed by atoms with van der Waals surface area (Å²) in [6.07, 6.45) is 0.954. The van der Waals surface area contributed by atoms with E-state index in [1.807, 2.05) is 0 Å². The van der Waals surface area contributed by atoms with Crippen molar-refractivity contribution in [1.29, 1.82) is 0 Å². The molecule has 0 heterocycles. The Labute approximate surface area is 140 Å². The minimum atomic E-state index is -1.15. The van der Waals surface area contributed by atoms with Crippen LogP contribution in [0.15, 0.2) is 48.5 Å². The van der Waals surface area contributed by atoms with E-state index in [1.54, 1.807) is 36.4 Å². The van der Waals surface area contributed by atoms with E-state index in [-0.39, 0.29) is 11.3 Å². The topological polar surface area (TPSA) is 72.8 Å². The molecule has 0 saturated heterocycles. The fourth-order valence-electron chi connectivity index (χ4n) is 1.99. The van der Waals surface area contributed by atoms with Crippen molar-refractivity contribution >= 4 is 11.9 Å². The van der Waals surface area contributed by atoms with E-state index in [0.29, 0.717) is 23.8 Å². The van der Waals surface area contributed by atoms with Crippen molar-refractivity contribution in [3.63, 3.8) is 0 Å². The minimum Gasteiger partial charge on any atom is -0.494 e. The highest BCUT2D eigenvalue weighted by Gasteiger charge is 2.15. The van der Waals surface area contributed by atoms with Crippen LogP contribution in [0, 0.1) is 5.92 Å². The first kappa shape index (κ1) is 17.5. The summed E-state index contributed by atoms with van der Waals surface area (Å²) in [6.45, 7) is 4.86. The maximum Gasteiger partial charge on any atom is 0.343 e. The molecule has 0 saturated carbocycles. The Balaban J connectivity index is 2.02. The Bertz CT molecular complexity index is 704. The Morgan fingerprint density at radius 1 is 1.04 bits per heavy atom. The van der Waals surface area contributed by atoms with Crippen molar-refractivity contribution in [2.45, 2.75) is 20.3 Å². The molecule has 5 heteroatoms. The standard InChI is InChI=1S/C19H20O5/c1-13(2)11-12-23-15-9-7-14(8-10-15)19(22)24-17-6-4-3-5-16(17)18(20)21/h3-10,13H,11-12H2,1-2H3,(H,20,21). The van der Waals surface area contributed by atoms with Gasteiger partial charge in [-0.05, 0) is 48.7 Å². The first-order chi connectivity index (χ1) is 11.5. The van der Waals surface area contributed by atoms with Gasteiger partial charge in [-0.15, -0.1) is 0 Å². The predicted octanol–water partition coefficient (Wildman–Crippen LogP) is 4.03. The average molecular weight is 328 g/mol. The van der Waals surface area contributed by atoms with Crippen LogP contribution < -0.4 is 9.47 Å². The number of carboxylic acid groups (broad SMARTS) is 1. The molecule has 1 N–H and O–H groups in total. The summed E-state index contributed by atoms with van der Waals surface area (Å²) >= 11 is 0. The maximum atomic E-state index is 12.1. The van der Waals surface area contributed by atoms with Crippen LogP contribution in [0.1, 0.15) is 41.0 Å². The zero-order valence-electron chi connectivity index (χ0n) is 13.7. The summed E-state index contributed by atoms with van der Waals surface area (Å²) < 4.78 is 10.8. The van der Waals surface area contributed by atoms with Crippen LogP contribution in [0.25, 0.3) is 0 Å². The Hall–Kier alpha value is -2.82. The third kappa shape index (κ3) is 4.84. The molecule has 0 atom stereocenters. The molecule has 0 fully saturated rings. The van der Waals surface area contributed by atoms with Gasteiger partial charge in [0.25, 0.3) is 0 Å². The number of carbonyl (C=O) groups is 2. The first-order valence-corrected chi connectivity index (χ1v) is 7.74. The van der Waals surface area contributed by atoms with Crippen molar-refractivity contribution in [2.75, 3.05) is 6.61 Å². The molecule has 0 spiro atoms. The van der Waals surface area contributed by atoms with E-state index in [4.69, 9.17) is 14.6 Å². The van der Waals surface area contributed by atoms with Gasteiger partial charge in [-0.2, -0.15) is 0 Å².